The lowest BCUT2D eigenvalue weighted by Gasteiger charge is -2.30. The molecule has 0 bridgehead atoms. The van der Waals surface area contributed by atoms with Crippen molar-refractivity contribution in [3.05, 3.63) is 22.7 Å². The van der Waals surface area contributed by atoms with Crippen molar-refractivity contribution < 1.29 is 4.52 Å². The summed E-state index contributed by atoms with van der Waals surface area (Å²) in [6.45, 7) is 2.93. The molecular weight excluding hydrogens is 296 g/mol. The molecule has 20 heavy (non-hydrogen) atoms. The van der Waals surface area contributed by atoms with E-state index in [4.69, 9.17) is 4.52 Å². The zero-order chi connectivity index (χ0) is 13.1. The molecule has 1 fully saturated rings. The number of hydrogen-bond donors (Lipinski definition) is 1. The maximum atomic E-state index is 5.33. The molecule has 1 aliphatic rings. The Kier molecular flexibility index (Phi) is 5.54. The maximum absolute atomic E-state index is 5.33. The first-order valence-electron chi connectivity index (χ1n) is 6.60. The fourth-order valence-corrected chi connectivity index (χ4v) is 3.03. The summed E-state index contributed by atoms with van der Waals surface area (Å²) in [5.41, 5.74) is 1.04. The Morgan fingerprint density at radius 3 is 2.90 bits per heavy atom. The second-order valence-electron chi connectivity index (χ2n) is 4.86. The zero-order valence-corrected chi connectivity index (χ0v) is 13.0. The molecule has 1 aliphatic heterocycles. The monoisotopic (exact) mass is 314 g/mol. The number of piperidine rings is 1. The summed E-state index contributed by atoms with van der Waals surface area (Å²) in [6, 6.07) is 2.66. The Balaban J connectivity index is 0.00000147. The van der Waals surface area contributed by atoms with E-state index in [2.05, 4.69) is 20.4 Å². The highest BCUT2D eigenvalue weighted by atomic mass is 35.5. The zero-order valence-electron chi connectivity index (χ0n) is 11.4. The summed E-state index contributed by atoms with van der Waals surface area (Å²) in [5, 5.41) is 11.4. The lowest BCUT2D eigenvalue weighted by atomic mass is 10.1. The maximum Gasteiger partial charge on any atom is 0.241 e. The first-order valence-corrected chi connectivity index (χ1v) is 7.54. The molecule has 7 heteroatoms. The highest BCUT2D eigenvalue weighted by Gasteiger charge is 2.20. The number of nitrogens with one attached hydrogen (secondary N) is 1. The van der Waals surface area contributed by atoms with E-state index in [1.54, 1.807) is 11.3 Å². The summed E-state index contributed by atoms with van der Waals surface area (Å²) in [4.78, 5) is 6.83. The quantitative estimate of drug-likeness (QED) is 0.939. The van der Waals surface area contributed by atoms with Gasteiger partial charge in [0.1, 0.15) is 0 Å². The Labute approximate surface area is 128 Å². The van der Waals surface area contributed by atoms with Crippen molar-refractivity contribution >= 4 is 23.7 Å². The van der Waals surface area contributed by atoms with E-state index in [-0.39, 0.29) is 12.4 Å². The highest BCUT2D eigenvalue weighted by Crippen LogP contribution is 2.19. The van der Waals surface area contributed by atoms with Crippen LogP contribution in [0.1, 0.15) is 18.7 Å². The minimum atomic E-state index is 0. The van der Waals surface area contributed by atoms with Crippen molar-refractivity contribution in [3.63, 3.8) is 0 Å². The van der Waals surface area contributed by atoms with Crippen LogP contribution in [0.4, 0.5) is 0 Å². The van der Waals surface area contributed by atoms with Crippen LogP contribution in [0.2, 0.25) is 0 Å². The number of likely N-dealkylation sites (tertiary alicyclic amines) is 1. The van der Waals surface area contributed by atoms with E-state index in [1.807, 2.05) is 23.9 Å². The summed E-state index contributed by atoms with van der Waals surface area (Å²) in [6.07, 6.45) is 2.37. The average molecular weight is 315 g/mol. The molecule has 0 amide bonds. The highest BCUT2D eigenvalue weighted by molar-refractivity contribution is 7.08. The molecule has 0 saturated carbocycles. The third-order valence-electron chi connectivity index (χ3n) is 3.60. The van der Waals surface area contributed by atoms with Crippen LogP contribution in [0.5, 0.6) is 0 Å². The van der Waals surface area contributed by atoms with E-state index in [1.165, 1.54) is 12.8 Å². The predicted molar refractivity (Wildman–Crippen MR) is 82.2 cm³/mol. The second kappa shape index (κ2) is 7.17. The van der Waals surface area contributed by atoms with Gasteiger partial charge in [-0.25, -0.2) is 0 Å². The molecule has 0 radical (unpaired) electrons. The van der Waals surface area contributed by atoms with Crippen LogP contribution >= 0.6 is 23.7 Å². The Hall–Kier alpha value is -0.950. The van der Waals surface area contributed by atoms with Gasteiger partial charge in [-0.05, 0) is 31.3 Å². The van der Waals surface area contributed by atoms with E-state index in [0.717, 1.165) is 25.2 Å². The lowest BCUT2D eigenvalue weighted by Crippen LogP contribution is -2.40. The Morgan fingerprint density at radius 2 is 2.25 bits per heavy atom. The molecule has 2 aromatic rings. The Morgan fingerprint density at radius 1 is 1.45 bits per heavy atom. The van der Waals surface area contributed by atoms with E-state index in [0.29, 0.717) is 17.8 Å². The summed E-state index contributed by atoms with van der Waals surface area (Å²) in [5.74, 6) is 1.41. The number of hydrogen-bond acceptors (Lipinski definition) is 6. The number of halogens is 1. The number of aromatic nitrogens is 2. The molecule has 0 aromatic carbocycles. The van der Waals surface area contributed by atoms with Crippen LogP contribution in [-0.4, -0.2) is 41.2 Å². The lowest BCUT2D eigenvalue weighted by molar-refractivity contribution is 0.173. The van der Waals surface area contributed by atoms with Gasteiger partial charge in [-0.3, -0.25) is 4.90 Å². The van der Waals surface area contributed by atoms with Gasteiger partial charge in [0.2, 0.25) is 11.7 Å². The van der Waals surface area contributed by atoms with Gasteiger partial charge in [-0.1, -0.05) is 5.16 Å². The SMILES string of the molecule is CNC1CCN(Cc2nc(-c3ccsc3)no2)CC1.Cl. The normalized spacial score (nSPS) is 17.1. The number of nitrogens with zero attached hydrogens (tertiary/aromatic N) is 3. The van der Waals surface area contributed by atoms with Crippen molar-refractivity contribution in [1.29, 1.82) is 0 Å². The molecule has 0 atom stereocenters. The summed E-state index contributed by atoms with van der Waals surface area (Å²) in [7, 11) is 2.03. The van der Waals surface area contributed by atoms with Crippen LogP contribution in [0, 0.1) is 0 Å². The van der Waals surface area contributed by atoms with Crippen molar-refractivity contribution in [3.8, 4) is 11.4 Å². The molecule has 1 N–H and O–H groups in total. The molecule has 0 unspecified atom stereocenters. The van der Waals surface area contributed by atoms with Crippen LogP contribution < -0.4 is 5.32 Å². The van der Waals surface area contributed by atoms with Gasteiger partial charge in [-0.15, -0.1) is 12.4 Å². The van der Waals surface area contributed by atoms with Crippen LogP contribution in [0.3, 0.4) is 0 Å². The first kappa shape index (κ1) is 15.4. The van der Waals surface area contributed by atoms with E-state index in [9.17, 15) is 0 Å². The summed E-state index contributed by atoms with van der Waals surface area (Å²) >= 11 is 1.64. The fourth-order valence-electron chi connectivity index (χ4n) is 2.40. The Bertz CT molecular complexity index is 508. The van der Waals surface area contributed by atoms with Crippen molar-refractivity contribution in [2.24, 2.45) is 0 Å². The third-order valence-corrected chi connectivity index (χ3v) is 4.29. The third kappa shape index (κ3) is 3.58. The topological polar surface area (TPSA) is 54.2 Å². The molecule has 110 valence electrons. The van der Waals surface area contributed by atoms with Crippen LogP contribution in [0.15, 0.2) is 21.3 Å². The van der Waals surface area contributed by atoms with Crippen LogP contribution in [0.25, 0.3) is 11.4 Å². The van der Waals surface area contributed by atoms with Crippen molar-refractivity contribution in [2.75, 3.05) is 20.1 Å². The fraction of sp³-hybridized carbons (Fsp3) is 0.538. The molecule has 0 spiro atoms. The molecule has 1 saturated heterocycles. The predicted octanol–water partition coefficient (Wildman–Crippen LogP) is 2.40. The number of thiophene rings is 1. The molecule has 5 nitrogen and oxygen atoms in total. The first-order chi connectivity index (χ1) is 9.35. The van der Waals surface area contributed by atoms with Gasteiger partial charge in [-0.2, -0.15) is 16.3 Å². The van der Waals surface area contributed by atoms with Gasteiger partial charge in [0.25, 0.3) is 0 Å². The minimum Gasteiger partial charge on any atom is -0.338 e. The van der Waals surface area contributed by atoms with E-state index >= 15 is 0 Å². The molecule has 3 rings (SSSR count). The molecule has 3 heterocycles. The van der Waals surface area contributed by atoms with Gasteiger partial charge in [0.15, 0.2) is 0 Å². The second-order valence-corrected chi connectivity index (χ2v) is 5.64. The van der Waals surface area contributed by atoms with Crippen molar-refractivity contribution in [2.45, 2.75) is 25.4 Å². The van der Waals surface area contributed by atoms with Gasteiger partial charge < -0.3 is 9.84 Å². The van der Waals surface area contributed by atoms with Gasteiger partial charge in [0, 0.05) is 30.1 Å². The smallest absolute Gasteiger partial charge is 0.241 e. The van der Waals surface area contributed by atoms with E-state index < -0.39 is 0 Å². The van der Waals surface area contributed by atoms with Crippen LogP contribution in [-0.2, 0) is 6.54 Å². The van der Waals surface area contributed by atoms with Gasteiger partial charge in [0.05, 0.1) is 6.54 Å². The largest absolute Gasteiger partial charge is 0.338 e. The average Bonchev–Trinajstić information content (AvgIpc) is 3.10. The molecular formula is C13H19ClN4OS. The molecule has 2 aromatic heterocycles. The standard InChI is InChI=1S/C13H18N4OS.ClH/c1-14-11-2-5-17(6-3-11)8-12-15-13(16-18-12)10-4-7-19-9-10;/h4,7,9,11,14H,2-3,5-6,8H2,1H3;1H. The van der Waals surface area contributed by atoms with Gasteiger partial charge >= 0.3 is 0 Å². The minimum absolute atomic E-state index is 0. The van der Waals surface area contributed by atoms with Crippen molar-refractivity contribution in [1.82, 2.24) is 20.4 Å². The number of rotatable bonds is 4. The summed E-state index contributed by atoms with van der Waals surface area (Å²) < 4.78 is 5.33. The molecule has 0 aliphatic carbocycles.